The minimum absolute atomic E-state index is 0.328. The highest BCUT2D eigenvalue weighted by Crippen LogP contribution is 2.71. The van der Waals surface area contributed by atoms with E-state index in [1.807, 2.05) is 0 Å². The normalized spacial score (nSPS) is 48.8. The molecule has 3 unspecified atom stereocenters. The van der Waals surface area contributed by atoms with E-state index in [1.54, 1.807) is 5.92 Å². The number of hydrogen-bond donors (Lipinski definition) is 0. The third-order valence-corrected chi connectivity index (χ3v) is 5.43. The molecular weight excluding hydrogens is 156 g/mol. The molecule has 2 aliphatic carbocycles. The molecule has 13 heavy (non-hydrogen) atoms. The fourth-order valence-electron chi connectivity index (χ4n) is 3.49. The van der Waals surface area contributed by atoms with E-state index in [0.717, 1.165) is 11.8 Å². The molecular formula is C13H21. The summed E-state index contributed by atoms with van der Waals surface area (Å²) in [5.41, 5.74) is 2.23. The quantitative estimate of drug-likeness (QED) is 0.527. The zero-order chi connectivity index (χ0) is 10.0. The predicted molar refractivity (Wildman–Crippen MR) is 57.2 cm³/mol. The minimum atomic E-state index is 0.328. The smallest absolute Gasteiger partial charge is 0.00452 e. The van der Waals surface area contributed by atoms with Gasteiger partial charge in [0.15, 0.2) is 0 Å². The van der Waals surface area contributed by atoms with Gasteiger partial charge in [-0.05, 0) is 29.1 Å². The summed E-state index contributed by atoms with van der Waals surface area (Å²) in [7, 11) is 0. The van der Waals surface area contributed by atoms with Crippen molar-refractivity contribution in [1.82, 2.24) is 0 Å². The monoisotopic (exact) mass is 177 g/mol. The molecule has 0 nitrogen and oxygen atoms in total. The maximum Gasteiger partial charge on any atom is 0.00452 e. The molecule has 0 saturated heterocycles. The van der Waals surface area contributed by atoms with E-state index in [-0.39, 0.29) is 0 Å². The Morgan fingerprint density at radius 1 is 1.23 bits per heavy atom. The maximum atomic E-state index is 4.28. The van der Waals surface area contributed by atoms with E-state index in [2.05, 4.69) is 41.2 Å². The van der Waals surface area contributed by atoms with Crippen LogP contribution in [0.4, 0.5) is 0 Å². The van der Waals surface area contributed by atoms with Gasteiger partial charge in [0.2, 0.25) is 0 Å². The zero-order valence-corrected chi connectivity index (χ0v) is 9.57. The lowest BCUT2D eigenvalue weighted by Gasteiger charge is -2.47. The molecule has 2 rings (SSSR count). The molecule has 0 N–H and O–H groups in total. The van der Waals surface area contributed by atoms with Gasteiger partial charge < -0.3 is 0 Å². The fraction of sp³-hybridized carbons (Fsp3) is 0.769. The molecule has 0 amide bonds. The van der Waals surface area contributed by atoms with Crippen LogP contribution in [-0.4, -0.2) is 0 Å². The molecule has 2 fully saturated rings. The molecule has 2 bridgehead atoms. The first-order valence-corrected chi connectivity index (χ1v) is 5.38. The molecule has 1 radical (unpaired) electrons. The first-order chi connectivity index (χ1) is 5.82. The van der Waals surface area contributed by atoms with Crippen molar-refractivity contribution < 1.29 is 0 Å². The molecule has 0 aromatic heterocycles. The van der Waals surface area contributed by atoms with E-state index in [0.29, 0.717) is 10.8 Å². The number of rotatable bonds is 0. The van der Waals surface area contributed by atoms with Crippen molar-refractivity contribution in [3.8, 4) is 0 Å². The van der Waals surface area contributed by atoms with Gasteiger partial charge in [0, 0.05) is 5.92 Å². The van der Waals surface area contributed by atoms with Crippen molar-refractivity contribution in [1.29, 1.82) is 0 Å². The summed E-state index contributed by atoms with van der Waals surface area (Å²) in [6, 6.07) is 0. The Hall–Kier alpha value is -0.260. The SMILES string of the molecule is C=C1[C]2CC(C)(C(C)C2C)C1(C)C. The van der Waals surface area contributed by atoms with Gasteiger partial charge in [-0.1, -0.05) is 46.8 Å². The van der Waals surface area contributed by atoms with E-state index < -0.39 is 0 Å². The van der Waals surface area contributed by atoms with Crippen LogP contribution in [0.3, 0.4) is 0 Å². The zero-order valence-electron chi connectivity index (χ0n) is 9.57. The second-order valence-electron chi connectivity index (χ2n) is 5.80. The Bertz CT molecular complexity index is 261. The first kappa shape index (κ1) is 9.30. The van der Waals surface area contributed by atoms with Crippen LogP contribution >= 0.6 is 0 Å². The van der Waals surface area contributed by atoms with Gasteiger partial charge in [0.25, 0.3) is 0 Å². The van der Waals surface area contributed by atoms with Gasteiger partial charge in [-0.25, -0.2) is 0 Å². The number of allylic oxidation sites excluding steroid dienone is 1. The Balaban J connectivity index is 2.49. The fourth-order valence-corrected chi connectivity index (χ4v) is 3.49. The molecule has 3 atom stereocenters. The number of hydrogen-bond acceptors (Lipinski definition) is 0. The summed E-state index contributed by atoms with van der Waals surface area (Å²) in [6.45, 7) is 16.2. The third-order valence-electron chi connectivity index (χ3n) is 5.43. The van der Waals surface area contributed by atoms with Crippen LogP contribution in [-0.2, 0) is 0 Å². The van der Waals surface area contributed by atoms with Crippen molar-refractivity contribution >= 4 is 0 Å². The van der Waals surface area contributed by atoms with Gasteiger partial charge in [-0.3, -0.25) is 0 Å². The largest absolute Gasteiger partial charge is 0.0987 e. The van der Waals surface area contributed by atoms with Crippen molar-refractivity contribution in [2.24, 2.45) is 22.7 Å². The van der Waals surface area contributed by atoms with Crippen LogP contribution in [0.15, 0.2) is 12.2 Å². The summed E-state index contributed by atoms with van der Waals surface area (Å²) in [5, 5.41) is 0. The van der Waals surface area contributed by atoms with Crippen molar-refractivity contribution in [3.05, 3.63) is 18.1 Å². The summed E-state index contributed by atoms with van der Waals surface area (Å²) in [6.07, 6.45) is 1.29. The van der Waals surface area contributed by atoms with Gasteiger partial charge in [0.05, 0.1) is 0 Å². The van der Waals surface area contributed by atoms with E-state index in [4.69, 9.17) is 0 Å². The van der Waals surface area contributed by atoms with Crippen LogP contribution < -0.4 is 0 Å². The van der Waals surface area contributed by atoms with Crippen LogP contribution in [0, 0.1) is 28.6 Å². The van der Waals surface area contributed by atoms with Gasteiger partial charge in [-0.2, -0.15) is 0 Å². The van der Waals surface area contributed by atoms with E-state index >= 15 is 0 Å². The van der Waals surface area contributed by atoms with Crippen molar-refractivity contribution in [2.75, 3.05) is 0 Å². The highest BCUT2D eigenvalue weighted by Gasteiger charge is 2.62. The molecule has 0 aromatic carbocycles. The Labute approximate surface area is 82.4 Å². The topological polar surface area (TPSA) is 0 Å². The van der Waals surface area contributed by atoms with Crippen molar-refractivity contribution in [2.45, 2.75) is 41.0 Å². The summed E-state index contributed by atoms with van der Waals surface area (Å²) in [4.78, 5) is 0. The van der Waals surface area contributed by atoms with Crippen molar-refractivity contribution in [3.63, 3.8) is 0 Å². The molecule has 0 heteroatoms. The highest BCUT2D eigenvalue weighted by molar-refractivity contribution is 5.43. The lowest BCUT2D eigenvalue weighted by Crippen LogP contribution is -2.40. The minimum Gasteiger partial charge on any atom is -0.0987 e. The average Bonchev–Trinajstić information content (AvgIpc) is 2.37. The van der Waals surface area contributed by atoms with Gasteiger partial charge in [0.1, 0.15) is 0 Å². The lowest BCUT2D eigenvalue weighted by atomic mass is 9.57. The second kappa shape index (κ2) is 2.21. The molecule has 0 aliphatic heterocycles. The summed E-state index contributed by atoms with van der Waals surface area (Å²) < 4.78 is 0. The van der Waals surface area contributed by atoms with E-state index in [1.165, 1.54) is 12.0 Å². The molecule has 0 aromatic rings. The Morgan fingerprint density at radius 2 is 1.77 bits per heavy atom. The maximum absolute atomic E-state index is 4.28. The molecule has 2 aliphatic rings. The summed E-state index contributed by atoms with van der Waals surface area (Å²) >= 11 is 0. The van der Waals surface area contributed by atoms with Crippen LogP contribution in [0.1, 0.15) is 41.0 Å². The van der Waals surface area contributed by atoms with Crippen LogP contribution in [0.25, 0.3) is 0 Å². The van der Waals surface area contributed by atoms with Crippen LogP contribution in [0.5, 0.6) is 0 Å². The standard InChI is InChI=1S/C13H21/c1-8-9(2)13(6)7-11(8)10(3)12(13,4)5/h8-9H,3,7H2,1-2,4-6H3. The highest BCUT2D eigenvalue weighted by atomic mass is 14.7. The molecule has 0 heterocycles. The molecule has 0 spiro atoms. The third kappa shape index (κ3) is 0.782. The lowest BCUT2D eigenvalue weighted by molar-refractivity contribution is 0.0768. The Morgan fingerprint density at radius 3 is 2.15 bits per heavy atom. The Kier molecular flexibility index (Phi) is 1.58. The molecule has 2 saturated carbocycles. The summed E-state index contributed by atoms with van der Waals surface area (Å²) in [5.74, 6) is 3.24. The first-order valence-electron chi connectivity index (χ1n) is 5.38. The van der Waals surface area contributed by atoms with Gasteiger partial charge in [-0.15, -0.1) is 0 Å². The predicted octanol–water partition coefficient (Wildman–Crippen LogP) is 3.84. The average molecular weight is 177 g/mol. The van der Waals surface area contributed by atoms with E-state index in [9.17, 15) is 0 Å². The molecule has 73 valence electrons. The van der Waals surface area contributed by atoms with Crippen LogP contribution in [0.2, 0.25) is 0 Å². The number of fused-ring (bicyclic) bond motifs is 2. The van der Waals surface area contributed by atoms with Gasteiger partial charge >= 0.3 is 0 Å². The second-order valence-corrected chi connectivity index (χ2v) is 5.80.